The van der Waals surface area contributed by atoms with E-state index in [0.717, 1.165) is 11.1 Å². The molecule has 0 aliphatic carbocycles. The number of carbonyl (C=O) groups is 2. The van der Waals surface area contributed by atoms with Crippen molar-refractivity contribution in [2.24, 2.45) is 0 Å². The Kier molecular flexibility index (Phi) is 4.53. The van der Waals surface area contributed by atoms with Crippen LogP contribution in [0.15, 0.2) is 48.5 Å². The van der Waals surface area contributed by atoms with E-state index in [-0.39, 0.29) is 18.6 Å². The Morgan fingerprint density at radius 3 is 2.25 bits per heavy atom. The molecule has 2 rings (SSSR count). The van der Waals surface area contributed by atoms with Gasteiger partial charge in [-0.15, -0.1) is 0 Å². The van der Waals surface area contributed by atoms with E-state index in [1.54, 1.807) is 18.2 Å². The summed E-state index contributed by atoms with van der Waals surface area (Å²) in [5.74, 6) is -1.13. The minimum atomic E-state index is -0.964. The summed E-state index contributed by atoms with van der Waals surface area (Å²) in [7, 11) is 0. The van der Waals surface area contributed by atoms with Gasteiger partial charge >= 0.3 is 5.97 Å². The molecule has 0 spiro atoms. The number of halogens is 1. The highest BCUT2D eigenvalue weighted by molar-refractivity contribution is 6.30. The van der Waals surface area contributed by atoms with Crippen molar-refractivity contribution in [2.45, 2.75) is 12.8 Å². The lowest BCUT2D eigenvalue weighted by Gasteiger charge is -2.04. The molecule has 0 aromatic heterocycles. The molecule has 0 radical (unpaired) electrons. The Hall–Kier alpha value is -2.13. The van der Waals surface area contributed by atoms with Gasteiger partial charge < -0.3 is 5.11 Å². The maximum atomic E-state index is 11.8. The second-order valence-corrected chi connectivity index (χ2v) is 4.84. The van der Waals surface area contributed by atoms with Crippen LogP contribution in [0.4, 0.5) is 0 Å². The molecule has 3 nitrogen and oxygen atoms in total. The van der Waals surface area contributed by atoms with E-state index >= 15 is 0 Å². The predicted molar refractivity (Wildman–Crippen MR) is 78.1 cm³/mol. The third kappa shape index (κ3) is 3.68. The topological polar surface area (TPSA) is 54.4 Å². The number of Topliss-reactive ketones (excluding diaryl/α,β-unsaturated/α-hetero) is 1. The zero-order valence-corrected chi connectivity index (χ0v) is 11.4. The van der Waals surface area contributed by atoms with Crippen LogP contribution in [0.1, 0.15) is 23.2 Å². The first kappa shape index (κ1) is 14.3. The van der Waals surface area contributed by atoms with Gasteiger partial charge in [0.15, 0.2) is 5.78 Å². The Labute approximate surface area is 121 Å². The number of rotatable bonds is 5. The Morgan fingerprint density at radius 1 is 0.950 bits per heavy atom. The normalized spacial score (nSPS) is 10.2. The van der Waals surface area contributed by atoms with Gasteiger partial charge in [-0.25, -0.2) is 0 Å². The van der Waals surface area contributed by atoms with E-state index < -0.39 is 5.97 Å². The van der Waals surface area contributed by atoms with Crippen LogP contribution < -0.4 is 0 Å². The largest absolute Gasteiger partial charge is 0.481 e. The lowest BCUT2D eigenvalue weighted by atomic mass is 10.0. The quantitative estimate of drug-likeness (QED) is 0.844. The Bertz CT molecular complexity index is 632. The third-order valence-electron chi connectivity index (χ3n) is 2.93. The Morgan fingerprint density at radius 2 is 1.65 bits per heavy atom. The van der Waals surface area contributed by atoms with Crippen molar-refractivity contribution in [1.82, 2.24) is 0 Å². The van der Waals surface area contributed by atoms with Gasteiger partial charge in [-0.05, 0) is 23.3 Å². The van der Waals surface area contributed by atoms with Crippen LogP contribution in [0, 0.1) is 0 Å². The van der Waals surface area contributed by atoms with Gasteiger partial charge in [0.05, 0.1) is 6.42 Å². The van der Waals surface area contributed by atoms with Crippen molar-refractivity contribution in [2.75, 3.05) is 0 Å². The molecule has 102 valence electrons. The summed E-state index contributed by atoms with van der Waals surface area (Å²) in [6.07, 6.45) is -0.124. The molecule has 0 aliphatic rings. The molecule has 4 heteroatoms. The molecular formula is C16H13ClO3. The molecule has 2 aromatic rings. The van der Waals surface area contributed by atoms with Gasteiger partial charge in [0.2, 0.25) is 0 Å². The summed E-state index contributed by atoms with van der Waals surface area (Å²) < 4.78 is 0. The van der Waals surface area contributed by atoms with Gasteiger partial charge in [0.25, 0.3) is 0 Å². The SMILES string of the molecule is O=C(O)CCC(=O)c1ccc(-c2cccc(Cl)c2)cc1. The zero-order chi connectivity index (χ0) is 14.5. The van der Waals surface area contributed by atoms with E-state index in [0.29, 0.717) is 10.6 Å². The molecule has 0 fully saturated rings. The average molecular weight is 289 g/mol. The maximum Gasteiger partial charge on any atom is 0.303 e. The zero-order valence-electron chi connectivity index (χ0n) is 10.7. The summed E-state index contributed by atoms with van der Waals surface area (Å²) in [6.45, 7) is 0. The van der Waals surface area contributed by atoms with Gasteiger partial charge in [0, 0.05) is 17.0 Å². The predicted octanol–water partition coefficient (Wildman–Crippen LogP) is 4.05. The summed E-state index contributed by atoms with van der Waals surface area (Å²) in [4.78, 5) is 22.2. The standard InChI is InChI=1S/C16H13ClO3/c17-14-3-1-2-13(10-14)11-4-6-12(7-5-11)15(18)8-9-16(19)20/h1-7,10H,8-9H2,(H,19,20). The Balaban J connectivity index is 2.14. The number of carboxylic acid groups (broad SMARTS) is 1. The van der Waals surface area contributed by atoms with Crippen LogP contribution in [0.5, 0.6) is 0 Å². The van der Waals surface area contributed by atoms with Crippen LogP contribution in [0.25, 0.3) is 11.1 Å². The molecule has 0 aliphatic heterocycles. The number of ketones is 1. The average Bonchev–Trinajstić information content (AvgIpc) is 2.45. The van der Waals surface area contributed by atoms with Crippen molar-refractivity contribution in [3.05, 3.63) is 59.1 Å². The van der Waals surface area contributed by atoms with Crippen molar-refractivity contribution in [3.63, 3.8) is 0 Å². The second kappa shape index (κ2) is 6.35. The van der Waals surface area contributed by atoms with Crippen LogP contribution >= 0.6 is 11.6 Å². The maximum absolute atomic E-state index is 11.8. The number of hydrogen-bond donors (Lipinski definition) is 1. The van der Waals surface area contributed by atoms with Crippen LogP contribution in [-0.2, 0) is 4.79 Å². The highest BCUT2D eigenvalue weighted by Crippen LogP contribution is 2.23. The molecular weight excluding hydrogens is 276 g/mol. The lowest BCUT2D eigenvalue weighted by molar-refractivity contribution is -0.136. The van der Waals surface area contributed by atoms with Crippen LogP contribution in [0.3, 0.4) is 0 Å². The summed E-state index contributed by atoms with van der Waals surface area (Å²) in [5, 5.41) is 9.22. The number of carboxylic acids is 1. The van der Waals surface area contributed by atoms with Crippen molar-refractivity contribution in [1.29, 1.82) is 0 Å². The molecule has 0 amide bonds. The van der Waals surface area contributed by atoms with E-state index in [9.17, 15) is 9.59 Å². The van der Waals surface area contributed by atoms with Crippen LogP contribution in [0.2, 0.25) is 5.02 Å². The van der Waals surface area contributed by atoms with Gasteiger partial charge in [-0.1, -0.05) is 48.0 Å². The molecule has 2 aromatic carbocycles. The monoisotopic (exact) mass is 288 g/mol. The number of hydrogen-bond acceptors (Lipinski definition) is 2. The minimum absolute atomic E-state index is 0.0197. The van der Waals surface area contributed by atoms with E-state index in [1.165, 1.54) is 0 Å². The smallest absolute Gasteiger partial charge is 0.303 e. The van der Waals surface area contributed by atoms with Gasteiger partial charge in [0.1, 0.15) is 0 Å². The van der Waals surface area contributed by atoms with Crippen LogP contribution in [-0.4, -0.2) is 16.9 Å². The number of aliphatic carboxylic acids is 1. The van der Waals surface area contributed by atoms with Gasteiger partial charge in [-0.2, -0.15) is 0 Å². The molecule has 0 saturated carbocycles. The molecule has 20 heavy (non-hydrogen) atoms. The third-order valence-corrected chi connectivity index (χ3v) is 3.17. The lowest BCUT2D eigenvalue weighted by Crippen LogP contribution is -2.03. The summed E-state index contributed by atoms with van der Waals surface area (Å²) in [6, 6.07) is 14.5. The first-order chi connectivity index (χ1) is 9.56. The fourth-order valence-corrected chi connectivity index (χ4v) is 2.07. The minimum Gasteiger partial charge on any atom is -0.481 e. The fraction of sp³-hybridized carbons (Fsp3) is 0.125. The first-order valence-corrected chi connectivity index (χ1v) is 6.55. The van der Waals surface area contributed by atoms with Crippen molar-refractivity contribution in [3.8, 4) is 11.1 Å². The van der Waals surface area contributed by atoms with Crippen molar-refractivity contribution >= 4 is 23.4 Å². The van der Waals surface area contributed by atoms with Crippen molar-refractivity contribution < 1.29 is 14.7 Å². The molecule has 0 bridgehead atoms. The summed E-state index contributed by atoms with van der Waals surface area (Å²) >= 11 is 5.94. The van der Waals surface area contributed by atoms with Gasteiger partial charge in [-0.3, -0.25) is 9.59 Å². The highest BCUT2D eigenvalue weighted by Gasteiger charge is 2.08. The molecule has 1 N–H and O–H groups in total. The summed E-state index contributed by atoms with van der Waals surface area (Å²) in [5.41, 5.74) is 2.46. The van der Waals surface area contributed by atoms with E-state index in [2.05, 4.69) is 0 Å². The van der Waals surface area contributed by atoms with E-state index in [4.69, 9.17) is 16.7 Å². The number of benzene rings is 2. The fourth-order valence-electron chi connectivity index (χ4n) is 1.88. The van der Waals surface area contributed by atoms with E-state index in [1.807, 2.05) is 30.3 Å². The molecule has 0 unspecified atom stereocenters. The highest BCUT2D eigenvalue weighted by atomic mass is 35.5. The number of carbonyl (C=O) groups excluding carboxylic acids is 1. The molecule has 0 heterocycles. The molecule has 0 saturated heterocycles. The molecule has 0 atom stereocenters. The first-order valence-electron chi connectivity index (χ1n) is 6.17. The second-order valence-electron chi connectivity index (χ2n) is 4.40.